The summed E-state index contributed by atoms with van der Waals surface area (Å²) in [5.74, 6) is -6.24. The Hall–Kier alpha value is -1.60. The second-order valence-corrected chi connectivity index (χ2v) is 24.9. The second kappa shape index (κ2) is 25.9. The molecule has 3 N–H and O–H groups in total. The molecule has 6 aliphatic heterocycles. The Bertz CT molecular complexity index is 2280. The van der Waals surface area contributed by atoms with Crippen LogP contribution in [0.25, 0.3) is 0 Å². The number of hydrogen-bond donors (Lipinski definition) is 3. The predicted molar refractivity (Wildman–Crippen MR) is 288 cm³/mol. The van der Waals surface area contributed by atoms with Gasteiger partial charge in [0.05, 0.1) is 59.2 Å². The van der Waals surface area contributed by atoms with Gasteiger partial charge in [0.15, 0.2) is 5.79 Å². The Morgan fingerprint density at radius 2 is 1.60 bits per heavy atom. The van der Waals surface area contributed by atoms with Crippen molar-refractivity contribution >= 4 is 46.5 Å². The van der Waals surface area contributed by atoms with Crippen molar-refractivity contribution in [1.29, 1.82) is 0 Å². The third kappa shape index (κ3) is 13.3. The Morgan fingerprint density at radius 1 is 0.907 bits per heavy atom. The van der Waals surface area contributed by atoms with Crippen LogP contribution in [0.5, 0.6) is 0 Å². The summed E-state index contributed by atoms with van der Waals surface area (Å²) in [7, 11) is 4.23. The third-order valence-corrected chi connectivity index (χ3v) is 19.4. The Labute approximate surface area is 479 Å². The van der Waals surface area contributed by atoms with Gasteiger partial charge in [0.2, 0.25) is 5.79 Å². The van der Waals surface area contributed by atoms with E-state index in [4.69, 9.17) is 35.3 Å². The summed E-state index contributed by atoms with van der Waals surface area (Å²) in [5.41, 5.74) is 0.879. The van der Waals surface area contributed by atoms with Crippen LogP contribution in [0.3, 0.4) is 0 Å². The smallest absolute Gasteiger partial charge is 0.550 e. The first-order valence-corrected chi connectivity index (χ1v) is 29.0. The molecule has 0 radical (unpaired) electrons. The van der Waals surface area contributed by atoms with Gasteiger partial charge >= 0.3 is 29.6 Å². The largest absolute Gasteiger partial charge is 1.00 e. The van der Waals surface area contributed by atoms with Crippen LogP contribution in [0.2, 0.25) is 5.02 Å². The molecule has 13 nitrogen and oxygen atoms in total. The Kier molecular flexibility index (Phi) is 21.6. The van der Waals surface area contributed by atoms with Crippen molar-refractivity contribution in [3.63, 3.8) is 0 Å². The molecule has 2 spiro atoms. The Balaban J connectivity index is 0.000000345. The first-order chi connectivity index (χ1) is 35.0. The maximum absolute atomic E-state index is 14.4. The number of benzene rings is 2. The average molecular weight is 1090 g/mol. The molecule has 18 atom stereocenters. The third-order valence-electron chi connectivity index (χ3n) is 18.0. The van der Waals surface area contributed by atoms with Gasteiger partial charge in [0.1, 0.15) is 11.9 Å². The van der Waals surface area contributed by atoms with Gasteiger partial charge in [0.25, 0.3) is 0 Å². The summed E-state index contributed by atoms with van der Waals surface area (Å²) in [6, 6.07) is 14.8. The fraction of sp³-hybridized carbons (Fsp3) is 0.729. The molecule has 0 aliphatic carbocycles. The first-order valence-electron chi connectivity index (χ1n) is 27.9. The van der Waals surface area contributed by atoms with Crippen molar-refractivity contribution in [3.8, 4) is 0 Å². The number of carboxylic acid groups (broad SMARTS) is 1. The predicted octanol–water partition coefficient (Wildman–Crippen LogP) is 6.75. The van der Waals surface area contributed by atoms with E-state index in [2.05, 4.69) is 81.1 Å². The zero-order valence-electron chi connectivity index (χ0n) is 47.3. The molecule has 18 unspecified atom stereocenters. The SMILES string of the molecule is CCC(C(=O)[O-])C1CCC(C)C(C(C)C(O)C(C)C(=O)C(CC)C2OC3(C=CC(O)C4(CCC(C)(C5CCC(O)(CC)C(C)O5)O4)O3)C(C)CC2C)O1.CN(C)CCCN1c2ccccc2Sc2ccc(Cl)cc21.[Na+]. The molecule has 0 bridgehead atoms. The fourth-order valence-electron chi connectivity index (χ4n) is 13.1. The van der Waals surface area contributed by atoms with Gasteiger partial charge in [-0.05, 0) is 153 Å². The molecule has 0 aromatic heterocycles. The van der Waals surface area contributed by atoms with Crippen LogP contribution in [0.15, 0.2) is 64.4 Å². The molecule has 0 amide bonds. The van der Waals surface area contributed by atoms with Gasteiger partial charge in [0, 0.05) is 63.3 Å². The van der Waals surface area contributed by atoms with Crippen LogP contribution >= 0.6 is 23.4 Å². The molecule has 16 heteroatoms. The number of rotatable bonds is 16. The van der Waals surface area contributed by atoms with Crippen molar-refractivity contribution in [2.75, 3.05) is 32.1 Å². The average Bonchev–Trinajstić information content (AvgIpc) is 3.72. The number of carbonyl (C=O) groups excluding carboxylic acids is 2. The number of anilines is 2. The molecular formula is C59H88ClN2NaO11S. The van der Waals surface area contributed by atoms with Crippen LogP contribution in [0.1, 0.15) is 140 Å². The summed E-state index contributed by atoms with van der Waals surface area (Å²) in [6.07, 6.45) is 6.34. The zero-order chi connectivity index (χ0) is 54.1. The quantitative estimate of drug-likeness (QED) is 0.119. The number of Topliss-reactive ketones (excluding diaryl/α,β-unsaturated/α-hetero) is 1. The van der Waals surface area contributed by atoms with E-state index in [9.17, 15) is 30.0 Å². The van der Waals surface area contributed by atoms with E-state index in [-0.39, 0.29) is 65.3 Å². The number of hydrogen-bond acceptors (Lipinski definition) is 14. The summed E-state index contributed by atoms with van der Waals surface area (Å²) in [6.45, 7) is 21.6. The fourth-order valence-corrected chi connectivity index (χ4v) is 14.3. The normalized spacial score (nSPS) is 36.3. The number of carbonyl (C=O) groups is 2. The van der Waals surface area contributed by atoms with Crippen molar-refractivity contribution in [1.82, 2.24) is 4.90 Å². The maximum Gasteiger partial charge on any atom is 1.00 e. The first kappa shape index (κ1) is 62.6. The van der Waals surface area contributed by atoms with Crippen LogP contribution in [-0.2, 0) is 33.3 Å². The summed E-state index contributed by atoms with van der Waals surface area (Å²) in [5, 5.41) is 46.8. The van der Waals surface area contributed by atoms with E-state index in [1.807, 2.05) is 59.4 Å². The topological polar surface area (TPSA) is 171 Å². The monoisotopic (exact) mass is 1090 g/mol. The van der Waals surface area contributed by atoms with E-state index in [0.717, 1.165) is 31.0 Å². The van der Waals surface area contributed by atoms with Crippen molar-refractivity contribution in [3.05, 3.63) is 59.6 Å². The number of ether oxygens (including phenoxy) is 5. The number of aliphatic hydroxyl groups is 3. The van der Waals surface area contributed by atoms with E-state index in [0.29, 0.717) is 57.8 Å². The van der Waals surface area contributed by atoms with E-state index in [1.165, 1.54) is 21.2 Å². The summed E-state index contributed by atoms with van der Waals surface area (Å²) >= 11 is 8.03. The second-order valence-electron chi connectivity index (χ2n) is 23.4. The molecule has 2 aromatic carbocycles. The molecule has 2 aromatic rings. The molecule has 0 saturated carbocycles. The molecule has 6 heterocycles. The molecule has 75 heavy (non-hydrogen) atoms. The van der Waals surface area contributed by atoms with Gasteiger partial charge < -0.3 is 58.7 Å². The number of nitrogens with zero attached hydrogens (tertiary/aromatic N) is 2. The molecule has 414 valence electrons. The maximum atomic E-state index is 14.4. The minimum Gasteiger partial charge on any atom is -0.550 e. The van der Waals surface area contributed by atoms with Crippen LogP contribution in [0, 0.1) is 41.4 Å². The van der Waals surface area contributed by atoms with Gasteiger partial charge in [-0.2, -0.15) is 0 Å². The number of aliphatic hydroxyl groups excluding tert-OH is 2. The van der Waals surface area contributed by atoms with Crippen molar-refractivity contribution in [2.45, 2.75) is 215 Å². The molecule has 4 saturated heterocycles. The number of para-hydroxylation sites is 1. The van der Waals surface area contributed by atoms with Gasteiger partial charge in [-0.3, -0.25) is 4.79 Å². The molecule has 8 rings (SSSR count). The molecule has 4 fully saturated rings. The van der Waals surface area contributed by atoms with Crippen LogP contribution in [-0.4, -0.2) is 125 Å². The van der Waals surface area contributed by atoms with Crippen LogP contribution in [0.4, 0.5) is 11.4 Å². The van der Waals surface area contributed by atoms with Crippen molar-refractivity contribution < 1.29 is 83.3 Å². The number of aliphatic carboxylic acids is 1. The van der Waals surface area contributed by atoms with E-state index < -0.39 is 82.9 Å². The molecule has 6 aliphatic rings. The van der Waals surface area contributed by atoms with Gasteiger partial charge in [-0.15, -0.1) is 0 Å². The number of carboxylic acids is 1. The van der Waals surface area contributed by atoms with E-state index in [1.54, 1.807) is 19.1 Å². The number of ketones is 1. The number of fused-ring (bicyclic) bond motifs is 2. The number of halogens is 1. The van der Waals surface area contributed by atoms with E-state index >= 15 is 0 Å². The molecular weight excluding hydrogens is 1000 g/mol. The summed E-state index contributed by atoms with van der Waals surface area (Å²) in [4.78, 5) is 33.5. The van der Waals surface area contributed by atoms with Gasteiger partial charge in [-0.25, -0.2) is 0 Å². The van der Waals surface area contributed by atoms with Crippen molar-refractivity contribution in [2.24, 2.45) is 41.4 Å². The standard InChI is InChI=1S/C42H70O11.C17H19ClN2S.Na/c1-11-29(38(46)47)31-15-14-23(4)36(50-31)27(8)34(44)26(7)35(45)30(12-2)37-24(5)22-25(6)41(51-37)19-16-32(43)42(53-41)21-20-39(10,52-42)33-17-18-40(48,13-3)28(9)49-33;1-19(2)10-5-11-20-14-6-3-4-7-16(14)21-17-9-8-13(18)12-15(17)20;/h16,19,23-34,36-37,43-44,48H,11-15,17-18,20-22H2,1-10H3,(H,46,47);3-4,6-9,12H,5,10-11H2,1-2H3;/q;;+1/p-1. The Morgan fingerprint density at radius 3 is 2.25 bits per heavy atom. The minimum atomic E-state index is -1.37. The van der Waals surface area contributed by atoms with Crippen LogP contribution < -0.4 is 39.6 Å². The zero-order valence-corrected chi connectivity index (χ0v) is 50.8. The minimum absolute atomic E-state index is 0. The summed E-state index contributed by atoms with van der Waals surface area (Å²) < 4.78 is 33.4. The van der Waals surface area contributed by atoms with Gasteiger partial charge in [-0.1, -0.05) is 90.9 Å².